The molecule has 110 valence electrons. The molecule has 0 spiro atoms. The summed E-state index contributed by atoms with van der Waals surface area (Å²) >= 11 is 0. The molecule has 0 saturated carbocycles. The molecule has 2 N–H and O–H groups in total. The Morgan fingerprint density at radius 3 is 2.70 bits per heavy atom. The molecule has 1 saturated heterocycles. The number of carbonyl (C=O) groups is 1. The third-order valence-corrected chi connectivity index (χ3v) is 4.19. The van der Waals surface area contributed by atoms with Gasteiger partial charge in [0.05, 0.1) is 5.92 Å². The molecular formula is C17H26N2O. The van der Waals surface area contributed by atoms with Gasteiger partial charge in [0.25, 0.3) is 0 Å². The van der Waals surface area contributed by atoms with E-state index in [4.69, 9.17) is 0 Å². The Labute approximate surface area is 122 Å². The Kier molecular flexibility index (Phi) is 4.81. The maximum atomic E-state index is 12.1. The predicted octanol–water partition coefficient (Wildman–Crippen LogP) is 2.47. The largest absolute Gasteiger partial charge is 0.353 e. The van der Waals surface area contributed by atoms with Crippen LogP contribution in [-0.4, -0.2) is 25.0 Å². The monoisotopic (exact) mass is 274 g/mol. The maximum absolute atomic E-state index is 12.1. The summed E-state index contributed by atoms with van der Waals surface area (Å²) in [7, 11) is 0. The van der Waals surface area contributed by atoms with Gasteiger partial charge in [-0.2, -0.15) is 0 Å². The molecule has 2 rings (SSSR count). The summed E-state index contributed by atoms with van der Waals surface area (Å²) in [6, 6.07) is 10.7. The SMILES string of the molecule is CC(CC(C)(C)c1ccccc1)NC(=O)C1CCNC1. The standard InChI is InChI=1S/C17H26N2O/c1-13(19-16(20)14-9-10-18-12-14)11-17(2,3)15-7-5-4-6-8-15/h4-8,13-14,18H,9-12H2,1-3H3,(H,19,20). The number of hydrogen-bond donors (Lipinski definition) is 2. The molecule has 1 aliphatic heterocycles. The van der Waals surface area contributed by atoms with Crippen molar-refractivity contribution in [2.45, 2.75) is 45.1 Å². The van der Waals surface area contributed by atoms with Gasteiger partial charge in [0, 0.05) is 12.6 Å². The van der Waals surface area contributed by atoms with Crippen LogP contribution in [0.3, 0.4) is 0 Å². The third-order valence-electron chi connectivity index (χ3n) is 4.19. The first-order chi connectivity index (χ1) is 9.49. The van der Waals surface area contributed by atoms with E-state index in [1.165, 1.54) is 5.56 Å². The van der Waals surface area contributed by atoms with Crippen molar-refractivity contribution in [3.63, 3.8) is 0 Å². The Bertz CT molecular complexity index is 436. The maximum Gasteiger partial charge on any atom is 0.224 e. The molecule has 2 atom stereocenters. The highest BCUT2D eigenvalue weighted by Gasteiger charge is 2.27. The lowest BCUT2D eigenvalue weighted by Gasteiger charge is -2.29. The van der Waals surface area contributed by atoms with Crippen molar-refractivity contribution in [2.24, 2.45) is 5.92 Å². The Hall–Kier alpha value is -1.35. The molecule has 0 bridgehead atoms. The Morgan fingerprint density at radius 1 is 1.40 bits per heavy atom. The van der Waals surface area contributed by atoms with E-state index in [9.17, 15) is 4.79 Å². The van der Waals surface area contributed by atoms with Gasteiger partial charge in [-0.15, -0.1) is 0 Å². The lowest BCUT2D eigenvalue weighted by atomic mass is 9.79. The second-order valence-electron chi connectivity index (χ2n) is 6.55. The molecule has 1 aromatic carbocycles. The topological polar surface area (TPSA) is 41.1 Å². The number of nitrogens with one attached hydrogen (secondary N) is 2. The normalized spacial score (nSPS) is 20.6. The second kappa shape index (κ2) is 6.40. The van der Waals surface area contributed by atoms with Crippen LogP contribution in [0.4, 0.5) is 0 Å². The van der Waals surface area contributed by atoms with Gasteiger partial charge in [-0.1, -0.05) is 44.2 Å². The zero-order valence-electron chi connectivity index (χ0n) is 12.8. The van der Waals surface area contributed by atoms with Crippen molar-refractivity contribution in [3.8, 4) is 0 Å². The van der Waals surface area contributed by atoms with Crippen molar-refractivity contribution < 1.29 is 4.79 Å². The first-order valence-electron chi connectivity index (χ1n) is 7.55. The molecule has 1 heterocycles. The molecule has 3 heteroatoms. The molecular weight excluding hydrogens is 248 g/mol. The summed E-state index contributed by atoms with van der Waals surface area (Å²) in [5, 5.41) is 6.41. The highest BCUT2D eigenvalue weighted by atomic mass is 16.2. The van der Waals surface area contributed by atoms with Crippen molar-refractivity contribution in [2.75, 3.05) is 13.1 Å². The van der Waals surface area contributed by atoms with Gasteiger partial charge in [0.1, 0.15) is 0 Å². The van der Waals surface area contributed by atoms with Crippen molar-refractivity contribution in [1.82, 2.24) is 10.6 Å². The van der Waals surface area contributed by atoms with Gasteiger partial charge in [0.15, 0.2) is 0 Å². The van der Waals surface area contributed by atoms with E-state index in [0.29, 0.717) is 0 Å². The highest BCUT2D eigenvalue weighted by molar-refractivity contribution is 5.79. The Morgan fingerprint density at radius 2 is 2.10 bits per heavy atom. The van der Waals surface area contributed by atoms with Crippen LogP contribution in [0.15, 0.2) is 30.3 Å². The molecule has 1 fully saturated rings. The van der Waals surface area contributed by atoms with E-state index in [2.05, 4.69) is 55.7 Å². The molecule has 1 amide bonds. The van der Waals surface area contributed by atoms with Crippen molar-refractivity contribution in [1.29, 1.82) is 0 Å². The fourth-order valence-electron chi connectivity index (χ4n) is 3.06. The molecule has 0 radical (unpaired) electrons. The minimum Gasteiger partial charge on any atom is -0.353 e. The number of hydrogen-bond acceptors (Lipinski definition) is 2. The van der Waals surface area contributed by atoms with Gasteiger partial charge in [-0.05, 0) is 37.3 Å². The first kappa shape index (κ1) is 15.0. The molecule has 0 aromatic heterocycles. The molecule has 2 unspecified atom stereocenters. The lowest BCUT2D eigenvalue weighted by Crippen LogP contribution is -2.41. The van der Waals surface area contributed by atoms with Crippen LogP contribution >= 0.6 is 0 Å². The highest BCUT2D eigenvalue weighted by Crippen LogP contribution is 2.28. The van der Waals surface area contributed by atoms with Crippen LogP contribution in [0.25, 0.3) is 0 Å². The molecule has 0 aliphatic carbocycles. The van der Waals surface area contributed by atoms with Crippen LogP contribution in [0, 0.1) is 5.92 Å². The summed E-state index contributed by atoms with van der Waals surface area (Å²) in [6.07, 6.45) is 1.91. The lowest BCUT2D eigenvalue weighted by molar-refractivity contribution is -0.125. The zero-order valence-corrected chi connectivity index (χ0v) is 12.8. The van der Waals surface area contributed by atoms with Crippen LogP contribution in [0.5, 0.6) is 0 Å². The van der Waals surface area contributed by atoms with Crippen LogP contribution in [0.2, 0.25) is 0 Å². The number of benzene rings is 1. The molecule has 1 aromatic rings. The summed E-state index contributed by atoms with van der Waals surface area (Å²) in [5.74, 6) is 0.351. The summed E-state index contributed by atoms with van der Waals surface area (Å²) in [4.78, 5) is 12.1. The second-order valence-corrected chi connectivity index (χ2v) is 6.55. The zero-order chi connectivity index (χ0) is 14.6. The third kappa shape index (κ3) is 3.83. The van der Waals surface area contributed by atoms with Gasteiger partial charge in [-0.3, -0.25) is 4.79 Å². The summed E-state index contributed by atoms with van der Waals surface area (Å²) < 4.78 is 0. The summed E-state index contributed by atoms with van der Waals surface area (Å²) in [6.45, 7) is 8.36. The van der Waals surface area contributed by atoms with E-state index in [0.717, 1.165) is 25.9 Å². The van der Waals surface area contributed by atoms with Crippen LogP contribution in [0.1, 0.15) is 39.2 Å². The van der Waals surface area contributed by atoms with E-state index in [1.54, 1.807) is 0 Å². The summed E-state index contributed by atoms with van der Waals surface area (Å²) in [5.41, 5.74) is 1.39. The van der Waals surface area contributed by atoms with E-state index in [-0.39, 0.29) is 23.3 Å². The molecule has 1 aliphatic rings. The molecule has 3 nitrogen and oxygen atoms in total. The van der Waals surface area contributed by atoms with Gasteiger partial charge in [0.2, 0.25) is 5.91 Å². The van der Waals surface area contributed by atoms with Crippen LogP contribution < -0.4 is 10.6 Å². The number of carbonyl (C=O) groups excluding carboxylic acids is 1. The van der Waals surface area contributed by atoms with Gasteiger partial charge < -0.3 is 10.6 Å². The minimum absolute atomic E-state index is 0.0713. The number of amides is 1. The average molecular weight is 274 g/mol. The van der Waals surface area contributed by atoms with E-state index < -0.39 is 0 Å². The van der Waals surface area contributed by atoms with Crippen LogP contribution in [-0.2, 0) is 10.2 Å². The van der Waals surface area contributed by atoms with Gasteiger partial charge in [-0.25, -0.2) is 0 Å². The molecule has 20 heavy (non-hydrogen) atoms. The first-order valence-corrected chi connectivity index (χ1v) is 7.55. The smallest absolute Gasteiger partial charge is 0.224 e. The minimum atomic E-state index is 0.0713. The van der Waals surface area contributed by atoms with E-state index in [1.807, 2.05) is 6.07 Å². The fraction of sp³-hybridized carbons (Fsp3) is 0.588. The fourth-order valence-corrected chi connectivity index (χ4v) is 3.06. The van der Waals surface area contributed by atoms with Crippen molar-refractivity contribution >= 4 is 5.91 Å². The Balaban J connectivity index is 1.90. The quantitative estimate of drug-likeness (QED) is 0.866. The van der Waals surface area contributed by atoms with Gasteiger partial charge >= 0.3 is 0 Å². The number of rotatable bonds is 5. The van der Waals surface area contributed by atoms with E-state index >= 15 is 0 Å². The van der Waals surface area contributed by atoms with Crippen molar-refractivity contribution in [3.05, 3.63) is 35.9 Å². The average Bonchev–Trinajstić information content (AvgIpc) is 2.93. The predicted molar refractivity (Wildman–Crippen MR) is 82.7 cm³/mol.